The highest BCUT2D eigenvalue weighted by Crippen LogP contribution is 2.50. The first-order chi connectivity index (χ1) is 11.2. The molecule has 23 heavy (non-hydrogen) atoms. The van der Waals surface area contributed by atoms with Crippen molar-refractivity contribution in [3.8, 4) is 6.07 Å². The standard InChI is InChI=1S/C20H24NOP/c1-2-3-4-7-16-20(17-21)23(22,18-12-8-5-9-13-18)19-14-10-6-11-15-19/h5-6,8-15,20H,2-4,7,16H2,1H3. The van der Waals surface area contributed by atoms with Gasteiger partial charge in [-0.2, -0.15) is 5.26 Å². The second kappa shape index (κ2) is 8.70. The van der Waals surface area contributed by atoms with E-state index in [2.05, 4.69) is 13.0 Å². The molecule has 0 aliphatic carbocycles. The Bertz CT molecular complexity index is 632. The predicted octanol–water partition coefficient (Wildman–Crippen LogP) is 4.86. The van der Waals surface area contributed by atoms with E-state index in [1.807, 2.05) is 60.7 Å². The molecule has 1 unspecified atom stereocenters. The first-order valence-electron chi connectivity index (χ1n) is 8.34. The number of benzene rings is 2. The third kappa shape index (κ3) is 4.12. The Balaban J connectivity index is 2.38. The maximum atomic E-state index is 14.0. The van der Waals surface area contributed by atoms with Crippen molar-refractivity contribution in [2.24, 2.45) is 0 Å². The summed E-state index contributed by atoms with van der Waals surface area (Å²) in [6, 6.07) is 21.4. The molecular formula is C20H24NOP. The summed E-state index contributed by atoms with van der Waals surface area (Å²) >= 11 is 0. The molecule has 0 spiro atoms. The fourth-order valence-electron chi connectivity index (χ4n) is 2.90. The fourth-order valence-corrected chi connectivity index (χ4v) is 5.86. The van der Waals surface area contributed by atoms with E-state index in [1.54, 1.807) is 0 Å². The summed E-state index contributed by atoms with van der Waals surface area (Å²) in [6.07, 6.45) is 5.07. The van der Waals surface area contributed by atoms with Crippen LogP contribution in [0.5, 0.6) is 0 Å². The van der Waals surface area contributed by atoms with Gasteiger partial charge in [-0.1, -0.05) is 93.3 Å². The van der Waals surface area contributed by atoms with Gasteiger partial charge < -0.3 is 4.57 Å². The summed E-state index contributed by atoms with van der Waals surface area (Å²) in [5, 5.41) is 11.3. The van der Waals surface area contributed by atoms with Crippen LogP contribution >= 0.6 is 7.14 Å². The second-order valence-electron chi connectivity index (χ2n) is 5.82. The lowest BCUT2D eigenvalue weighted by Crippen LogP contribution is -2.25. The Labute approximate surface area is 139 Å². The van der Waals surface area contributed by atoms with E-state index in [4.69, 9.17) is 0 Å². The number of hydrogen-bond donors (Lipinski definition) is 0. The van der Waals surface area contributed by atoms with Gasteiger partial charge in [-0.15, -0.1) is 0 Å². The maximum Gasteiger partial charge on any atom is 0.159 e. The lowest BCUT2D eigenvalue weighted by molar-refractivity contribution is 0.573. The van der Waals surface area contributed by atoms with Crippen LogP contribution in [0.15, 0.2) is 60.7 Å². The Morgan fingerprint density at radius 2 is 1.43 bits per heavy atom. The lowest BCUT2D eigenvalue weighted by atomic mass is 10.1. The zero-order valence-electron chi connectivity index (χ0n) is 13.7. The summed E-state index contributed by atoms with van der Waals surface area (Å²) in [7, 11) is -2.94. The van der Waals surface area contributed by atoms with Gasteiger partial charge in [0, 0.05) is 10.6 Å². The van der Waals surface area contributed by atoms with Crippen molar-refractivity contribution in [1.29, 1.82) is 5.26 Å². The first-order valence-corrected chi connectivity index (χ1v) is 10.1. The Morgan fingerprint density at radius 3 is 1.87 bits per heavy atom. The number of nitriles is 1. The summed E-state index contributed by atoms with van der Waals surface area (Å²) in [5.74, 6) is 0. The van der Waals surface area contributed by atoms with Gasteiger partial charge in [0.15, 0.2) is 7.14 Å². The van der Waals surface area contributed by atoms with Crippen LogP contribution in [0.1, 0.15) is 39.0 Å². The van der Waals surface area contributed by atoms with Gasteiger partial charge in [-0.05, 0) is 6.42 Å². The molecule has 0 saturated heterocycles. The minimum Gasteiger partial charge on any atom is -0.312 e. The largest absolute Gasteiger partial charge is 0.312 e. The number of nitrogens with zero attached hydrogens (tertiary/aromatic N) is 1. The summed E-state index contributed by atoms with van der Waals surface area (Å²) < 4.78 is 14.0. The SMILES string of the molecule is CCCCCCC(C#N)P(=O)(c1ccccc1)c1ccccc1. The quantitative estimate of drug-likeness (QED) is 0.513. The van der Waals surface area contributed by atoms with Crippen LogP contribution in [0, 0.1) is 11.3 Å². The predicted molar refractivity (Wildman–Crippen MR) is 97.9 cm³/mol. The molecule has 0 amide bonds. The number of rotatable bonds is 8. The van der Waals surface area contributed by atoms with Gasteiger partial charge in [-0.3, -0.25) is 0 Å². The van der Waals surface area contributed by atoms with E-state index in [0.29, 0.717) is 6.42 Å². The highest BCUT2D eigenvalue weighted by molar-refractivity contribution is 7.79. The Kier molecular flexibility index (Phi) is 6.63. The summed E-state index contributed by atoms with van der Waals surface area (Å²) in [5.41, 5.74) is -0.454. The van der Waals surface area contributed by atoms with E-state index in [1.165, 1.54) is 6.42 Å². The smallest absolute Gasteiger partial charge is 0.159 e. The van der Waals surface area contributed by atoms with Crippen LogP contribution in [-0.4, -0.2) is 5.66 Å². The highest BCUT2D eigenvalue weighted by Gasteiger charge is 2.36. The molecule has 120 valence electrons. The first kappa shape index (κ1) is 17.5. The number of hydrogen-bond acceptors (Lipinski definition) is 2. The maximum absolute atomic E-state index is 14.0. The van der Waals surface area contributed by atoms with Crippen LogP contribution in [0.2, 0.25) is 0 Å². The molecule has 0 saturated carbocycles. The van der Waals surface area contributed by atoms with Crippen molar-refractivity contribution in [3.63, 3.8) is 0 Å². The molecule has 0 bridgehead atoms. The third-order valence-corrected chi connectivity index (χ3v) is 7.58. The molecule has 0 aliphatic rings. The van der Waals surface area contributed by atoms with Crippen LogP contribution in [0.3, 0.4) is 0 Å². The van der Waals surface area contributed by atoms with E-state index in [9.17, 15) is 9.83 Å². The average molecular weight is 325 g/mol. The van der Waals surface area contributed by atoms with E-state index >= 15 is 0 Å². The normalized spacial score (nSPS) is 12.5. The van der Waals surface area contributed by atoms with Crippen LogP contribution in [0.4, 0.5) is 0 Å². The van der Waals surface area contributed by atoms with Gasteiger partial charge in [0.25, 0.3) is 0 Å². The average Bonchev–Trinajstić information content (AvgIpc) is 2.63. The molecule has 0 fully saturated rings. The highest BCUT2D eigenvalue weighted by atomic mass is 31.2. The molecular weight excluding hydrogens is 301 g/mol. The molecule has 0 heterocycles. The van der Waals surface area contributed by atoms with Crippen LogP contribution in [-0.2, 0) is 4.57 Å². The number of unbranched alkanes of at least 4 members (excludes halogenated alkanes) is 3. The summed E-state index contributed by atoms with van der Waals surface area (Å²) in [6.45, 7) is 2.17. The van der Waals surface area contributed by atoms with Crippen molar-refractivity contribution in [2.45, 2.75) is 44.7 Å². The Hall–Kier alpha value is -1.84. The molecule has 2 aromatic rings. The van der Waals surface area contributed by atoms with Gasteiger partial charge in [0.2, 0.25) is 0 Å². The zero-order valence-corrected chi connectivity index (χ0v) is 14.6. The molecule has 0 N–H and O–H groups in total. The van der Waals surface area contributed by atoms with Gasteiger partial charge >= 0.3 is 0 Å². The molecule has 3 heteroatoms. The lowest BCUT2D eigenvalue weighted by Gasteiger charge is -2.24. The van der Waals surface area contributed by atoms with Crippen molar-refractivity contribution >= 4 is 17.8 Å². The molecule has 1 atom stereocenters. The van der Waals surface area contributed by atoms with Crippen molar-refractivity contribution < 1.29 is 4.57 Å². The molecule has 2 nitrogen and oxygen atoms in total. The van der Waals surface area contributed by atoms with E-state index in [0.717, 1.165) is 29.9 Å². The minimum absolute atomic E-state index is 0.454. The van der Waals surface area contributed by atoms with E-state index in [-0.39, 0.29) is 0 Å². The van der Waals surface area contributed by atoms with Gasteiger partial charge in [0.1, 0.15) is 5.66 Å². The van der Waals surface area contributed by atoms with Crippen molar-refractivity contribution in [3.05, 3.63) is 60.7 Å². The van der Waals surface area contributed by atoms with Gasteiger partial charge in [0.05, 0.1) is 6.07 Å². The molecule has 2 rings (SSSR count). The monoisotopic (exact) mass is 325 g/mol. The third-order valence-electron chi connectivity index (χ3n) is 4.20. The molecule has 2 aromatic carbocycles. The summed E-state index contributed by atoms with van der Waals surface area (Å²) in [4.78, 5) is 0. The molecule has 0 aliphatic heterocycles. The van der Waals surface area contributed by atoms with Crippen LogP contribution < -0.4 is 10.6 Å². The second-order valence-corrected chi connectivity index (χ2v) is 8.80. The van der Waals surface area contributed by atoms with Crippen LogP contribution in [0.25, 0.3) is 0 Å². The minimum atomic E-state index is -2.94. The van der Waals surface area contributed by atoms with Crippen molar-refractivity contribution in [1.82, 2.24) is 0 Å². The molecule has 0 aromatic heterocycles. The fraction of sp³-hybridized carbons (Fsp3) is 0.350. The Morgan fingerprint density at radius 1 is 0.913 bits per heavy atom. The van der Waals surface area contributed by atoms with E-state index < -0.39 is 12.8 Å². The molecule has 0 radical (unpaired) electrons. The van der Waals surface area contributed by atoms with Crippen molar-refractivity contribution in [2.75, 3.05) is 0 Å². The topological polar surface area (TPSA) is 40.9 Å². The zero-order chi connectivity index (χ0) is 16.5. The van der Waals surface area contributed by atoms with Gasteiger partial charge in [-0.25, -0.2) is 0 Å².